The third kappa shape index (κ3) is 3.53. The minimum absolute atomic E-state index is 0.0603. The van der Waals surface area contributed by atoms with Crippen molar-refractivity contribution in [2.45, 2.75) is 27.7 Å². The minimum Gasteiger partial charge on any atom is -0.484 e. The van der Waals surface area contributed by atoms with E-state index in [0.29, 0.717) is 10.8 Å². The number of hydrogen-bond donors (Lipinski definition) is 0. The van der Waals surface area contributed by atoms with Crippen LogP contribution in [0.2, 0.25) is 5.02 Å². The van der Waals surface area contributed by atoms with E-state index >= 15 is 0 Å². The maximum absolute atomic E-state index is 11.7. The molecule has 0 amide bonds. The van der Waals surface area contributed by atoms with Gasteiger partial charge in [-0.25, -0.2) is 0 Å². The standard InChI is InChI=1S/C13H17ClO2/c1-9-5-6-10(14)11(7-9)16-8-12(15)13(2,3)4/h5-7H,8H2,1-4H3. The highest BCUT2D eigenvalue weighted by molar-refractivity contribution is 6.32. The number of benzene rings is 1. The van der Waals surface area contributed by atoms with Gasteiger partial charge in [0, 0.05) is 5.41 Å². The number of ketones is 1. The highest BCUT2D eigenvalue weighted by Gasteiger charge is 2.21. The SMILES string of the molecule is Cc1ccc(Cl)c(OCC(=O)C(C)(C)C)c1. The number of carbonyl (C=O) groups excluding carboxylic acids is 1. The highest BCUT2D eigenvalue weighted by Crippen LogP contribution is 2.26. The van der Waals surface area contributed by atoms with Crippen molar-refractivity contribution in [3.63, 3.8) is 0 Å². The zero-order valence-corrected chi connectivity index (χ0v) is 10.9. The summed E-state index contributed by atoms with van der Waals surface area (Å²) in [7, 11) is 0. The van der Waals surface area contributed by atoms with Crippen molar-refractivity contribution in [2.75, 3.05) is 6.61 Å². The van der Waals surface area contributed by atoms with E-state index < -0.39 is 0 Å². The first-order valence-electron chi connectivity index (χ1n) is 5.23. The molecule has 0 saturated heterocycles. The van der Waals surface area contributed by atoms with Gasteiger partial charge < -0.3 is 4.74 Å². The van der Waals surface area contributed by atoms with Crippen LogP contribution >= 0.6 is 11.6 Å². The predicted molar refractivity (Wildman–Crippen MR) is 66.1 cm³/mol. The predicted octanol–water partition coefficient (Wildman–Crippen LogP) is 3.64. The van der Waals surface area contributed by atoms with Gasteiger partial charge in [0.2, 0.25) is 0 Å². The molecule has 0 heterocycles. The molecule has 0 N–H and O–H groups in total. The van der Waals surface area contributed by atoms with Gasteiger partial charge in [-0.15, -0.1) is 0 Å². The van der Waals surface area contributed by atoms with E-state index in [9.17, 15) is 4.79 Å². The molecule has 0 atom stereocenters. The van der Waals surface area contributed by atoms with Crippen LogP contribution in [-0.4, -0.2) is 12.4 Å². The van der Waals surface area contributed by atoms with Gasteiger partial charge in [0.15, 0.2) is 5.78 Å². The molecule has 1 aromatic rings. The Bertz CT molecular complexity index is 391. The van der Waals surface area contributed by atoms with Crippen molar-refractivity contribution in [1.29, 1.82) is 0 Å². The van der Waals surface area contributed by atoms with Gasteiger partial charge in [-0.3, -0.25) is 4.79 Å². The van der Waals surface area contributed by atoms with Gasteiger partial charge in [-0.05, 0) is 24.6 Å². The quantitative estimate of drug-likeness (QED) is 0.806. The van der Waals surface area contributed by atoms with Crippen molar-refractivity contribution >= 4 is 17.4 Å². The summed E-state index contributed by atoms with van der Waals surface area (Å²) in [6.45, 7) is 7.63. The second-order valence-corrected chi connectivity index (χ2v) is 5.30. The Hall–Kier alpha value is -1.02. The van der Waals surface area contributed by atoms with Crippen LogP contribution < -0.4 is 4.74 Å². The number of aryl methyl sites for hydroxylation is 1. The minimum atomic E-state index is -0.379. The van der Waals surface area contributed by atoms with Gasteiger partial charge in [0.1, 0.15) is 12.4 Å². The van der Waals surface area contributed by atoms with Crippen LogP contribution in [0.3, 0.4) is 0 Å². The van der Waals surface area contributed by atoms with Crippen molar-refractivity contribution in [2.24, 2.45) is 5.41 Å². The summed E-state index contributed by atoms with van der Waals surface area (Å²) >= 11 is 5.96. The fourth-order valence-corrected chi connectivity index (χ4v) is 1.25. The summed E-state index contributed by atoms with van der Waals surface area (Å²) in [6, 6.07) is 5.51. The molecule has 0 aliphatic carbocycles. The zero-order chi connectivity index (χ0) is 12.3. The molecule has 0 aliphatic heterocycles. The Balaban J connectivity index is 2.68. The number of carbonyl (C=O) groups is 1. The van der Waals surface area contributed by atoms with Gasteiger partial charge in [-0.1, -0.05) is 38.4 Å². The lowest BCUT2D eigenvalue weighted by atomic mass is 9.91. The molecule has 0 aliphatic rings. The van der Waals surface area contributed by atoms with Crippen molar-refractivity contribution in [3.8, 4) is 5.75 Å². The molecule has 1 rings (SSSR count). The van der Waals surface area contributed by atoms with Crippen molar-refractivity contribution in [3.05, 3.63) is 28.8 Å². The van der Waals surface area contributed by atoms with Crippen LogP contribution in [0.25, 0.3) is 0 Å². The van der Waals surface area contributed by atoms with Gasteiger partial charge >= 0.3 is 0 Å². The second kappa shape index (κ2) is 4.88. The Morgan fingerprint density at radius 1 is 1.38 bits per heavy atom. The van der Waals surface area contributed by atoms with Crippen LogP contribution in [-0.2, 0) is 4.79 Å². The first kappa shape index (κ1) is 13.0. The third-order valence-corrected chi connectivity index (χ3v) is 2.59. The van der Waals surface area contributed by atoms with Crippen LogP contribution in [0, 0.1) is 12.3 Å². The molecule has 3 heteroatoms. The lowest BCUT2D eigenvalue weighted by Gasteiger charge is -2.17. The summed E-state index contributed by atoms with van der Waals surface area (Å²) in [6.07, 6.45) is 0. The maximum Gasteiger partial charge on any atom is 0.175 e. The van der Waals surface area contributed by atoms with Crippen LogP contribution in [0.15, 0.2) is 18.2 Å². The fraction of sp³-hybridized carbons (Fsp3) is 0.462. The molecule has 1 aromatic carbocycles. The lowest BCUT2D eigenvalue weighted by molar-refractivity contribution is -0.128. The van der Waals surface area contributed by atoms with Crippen LogP contribution in [0.1, 0.15) is 26.3 Å². The van der Waals surface area contributed by atoms with E-state index in [4.69, 9.17) is 16.3 Å². The van der Waals surface area contributed by atoms with Gasteiger partial charge in [-0.2, -0.15) is 0 Å². The number of ether oxygens (including phenoxy) is 1. The molecule has 16 heavy (non-hydrogen) atoms. The molecule has 88 valence electrons. The molecule has 2 nitrogen and oxygen atoms in total. The topological polar surface area (TPSA) is 26.3 Å². The molecule has 0 aromatic heterocycles. The number of hydrogen-bond acceptors (Lipinski definition) is 2. The first-order valence-corrected chi connectivity index (χ1v) is 5.61. The van der Waals surface area contributed by atoms with E-state index in [1.165, 1.54) is 0 Å². The molecular weight excluding hydrogens is 224 g/mol. The molecule has 0 unspecified atom stereocenters. The summed E-state index contributed by atoms with van der Waals surface area (Å²) < 4.78 is 5.42. The van der Waals surface area contributed by atoms with Crippen molar-refractivity contribution < 1.29 is 9.53 Å². The van der Waals surface area contributed by atoms with Gasteiger partial charge in [0.05, 0.1) is 5.02 Å². The van der Waals surface area contributed by atoms with Crippen molar-refractivity contribution in [1.82, 2.24) is 0 Å². The van der Waals surface area contributed by atoms with Crippen LogP contribution in [0.5, 0.6) is 5.75 Å². The Morgan fingerprint density at radius 3 is 2.56 bits per heavy atom. The Morgan fingerprint density at radius 2 is 2.00 bits per heavy atom. The number of rotatable bonds is 3. The van der Waals surface area contributed by atoms with E-state index in [1.54, 1.807) is 6.07 Å². The summed E-state index contributed by atoms with van der Waals surface area (Å²) in [5, 5.41) is 0.535. The molecule has 0 spiro atoms. The summed E-state index contributed by atoms with van der Waals surface area (Å²) in [5.74, 6) is 0.629. The lowest BCUT2D eigenvalue weighted by Crippen LogP contribution is -2.26. The van der Waals surface area contributed by atoms with E-state index in [0.717, 1.165) is 5.56 Å². The smallest absolute Gasteiger partial charge is 0.175 e. The maximum atomic E-state index is 11.7. The van der Waals surface area contributed by atoms with E-state index in [2.05, 4.69) is 0 Å². The molecule has 0 bridgehead atoms. The first-order chi connectivity index (χ1) is 7.30. The normalized spacial score (nSPS) is 11.3. The monoisotopic (exact) mass is 240 g/mol. The molecular formula is C13H17ClO2. The molecule has 0 saturated carbocycles. The second-order valence-electron chi connectivity index (χ2n) is 4.90. The average molecular weight is 241 g/mol. The summed E-state index contributed by atoms with van der Waals surface area (Å²) in [5.41, 5.74) is 0.679. The highest BCUT2D eigenvalue weighted by atomic mass is 35.5. The number of halogens is 1. The average Bonchev–Trinajstić information content (AvgIpc) is 2.17. The van der Waals surface area contributed by atoms with E-state index in [1.807, 2.05) is 39.8 Å². The zero-order valence-electron chi connectivity index (χ0n) is 10.1. The molecule has 0 fully saturated rings. The largest absolute Gasteiger partial charge is 0.484 e. The Labute approximate surface area is 102 Å². The summed E-state index contributed by atoms with van der Waals surface area (Å²) in [4.78, 5) is 11.7. The van der Waals surface area contributed by atoms with Crippen LogP contribution in [0.4, 0.5) is 0 Å². The number of Topliss-reactive ketones (excluding diaryl/α,β-unsaturated/α-hetero) is 1. The Kier molecular flexibility index (Phi) is 3.98. The molecule has 0 radical (unpaired) electrons. The van der Waals surface area contributed by atoms with E-state index in [-0.39, 0.29) is 17.8 Å². The third-order valence-electron chi connectivity index (χ3n) is 2.28. The fourth-order valence-electron chi connectivity index (χ4n) is 1.08. The van der Waals surface area contributed by atoms with Gasteiger partial charge in [0.25, 0.3) is 0 Å².